The van der Waals surface area contributed by atoms with E-state index >= 15 is 0 Å². The molecule has 6 heteroatoms. The Balaban J connectivity index is 1.72. The van der Waals surface area contributed by atoms with Gasteiger partial charge < -0.3 is 9.64 Å². The summed E-state index contributed by atoms with van der Waals surface area (Å²) in [6, 6.07) is 14.0. The van der Waals surface area contributed by atoms with Crippen LogP contribution in [0.1, 0.15) is 29.6 Å². The van der Waals surface area contributed by atoms with Gasteiger partial charge >= 0.3 is 0 Å². The zero-order chi connectivity index (χ0) is 18.9. The molecule has 0 N–H and O–H groups in total. The van der Waals surface area contributed by atoms with Crippen molar-refractivity contribution in [3.8, 4) is 5.75 Å². The number of ether oxygens (including phenoxy) is 1. The van der Waals surface area contributed by atoms with Crippen LogP contribution in [0.15, 0.2) is 56.3 Å². The summed E-state index contributed by atoms with van der Waals surface area (Å²) in [5.74, 6) is 0.816. The first-order valence-corrected chi connectivity index (χ1v) is 11.6. The van der Waals surface area contributed by atoms with Gasteiger partial charge in [-0.05, 0) is 66.1 Å². The van der Waals surface area contributed by atoms with Crippen molar-refractivity contribution in [2.24, 2.45) is 0 Å². The highest BCUT2D eigenvalue weighted by atomic mass is 79.9. The molecule has 1 fully saturated rings. The lowest BCUT2D eigenvalue weighted by Gasteiger charge is -2.40. The number of hydrogen-bond donors (Lipinski definition) is 0. The van der Waals surface area contributed by atoms with Crippen molar-refractivity contribution in [2.75, 3.05) is 26.2 Å². The maximum Gasteiger partial charge on any atom is 0.187 e. The monoisotopic (exact) mass is 509 g/mol. The van der Waals surface area contributed by atoms with Crippen molar-refractivity contribution in [3.63, 3.8) is 0 Å². The van der Waals surface area contributed by atoms with Crippen molar-refractivity contribution in [1.29, 1.82) is 0 Å². The average molecular weight is 511 g/mol. The number of piperidine rings is 1. The molecule has 0 bridgehead atoms. The lowest BCUT2D eigenvalue weighted by molar-refractivity contribution is 0.0806. The van der Waals surface area contributed by atoms with E-state index < -0.39 is 4.75 Å². The van der Waals surface area contributed by atoms with Gasteiger partial charge in [-0.25, -0.2) is 0 Å². The number of carbonyl (C=O) groups is 1. The van der Waals surface area contributed by atoms with Gasteiger partial charge in [-0.2, -0.15) is 0 Å². The van der Waals surface area contributed by atoms with Crippen LogP contribution < -0.4 is 4.74 Å². The molecule has 0 radical (unpaired) electrons. The van der Waals surface area contributed by atoms with Crippen LogP contribution in [0.5, 0.6) is 5.75 Å². The molecule has 2 aliphatic rings. The molecule has 0 spiro atoms. The zero-order valence-electron chi connectivity index (χ0n) is 14.9. The maximum atomic E-state index is 13.8. The van der Waals surface area contributed by atoms with Crippen LogP contribution in [0.2, 0.25) is 0 Å². The number of ketones is 1. The van der Waals surface area contributed by atoms with E-state index in [2.05, 4.69) is 48.9 Å². The molecular weight excluding hydrogens is 490 g/mol. The van der Waals surface area contributed by atoms with Crippen molar-refractivity contribution < 1.29 is 9.53 Å². The summed E-state index contributed by atoms with van der Waals surface area (Å²) < 4.78 is 7.23. The van der Waals surface area contributed by atoms with E-state index in [1.54, 1.807) is 11.8 Å². The fraction of sp³-hybridized carbons (Fsp3) is 0.381. The lowest BCUT2D eigenvalue weighted by atomic mass is 9.93. The molecule has 27 heavy (non-hydrogen) atoms. The fourth-order valence-corrected chi connectivity index (χ4v) is 6.45. The van der Waals surface area contributed by atoms with Gasteiger partial charge in [0.05, 0.1) is 10.0 Å². The molecule has 0 aliphatic carbocycles. The quantitative estimate of drug-likeness (QED) is 0.519. The van der Waals surface area contributed by atoms with Crippen molar-refractivity contribution in [2.45, 2.75) is 28.9 Å². The third kappa shape index (κ3) is 4.14. The van der Waals surface area contributed by atoms with E-state index in [0.29, 0.717) is 17.9 Å². The smallest absolute Gasteiger partial charge is 0.187 e. The molecule has 2 heterocycles. The second-order valence-electron chi connectivity index (χ2n) is 7.13. The largest absolute Gasteiger partial charge is 0.490 e. The number of Topliss-reactive ketones (excluding diaryl/α,β-unsaturated/α-hetero) is 1. The van der Waals surface area contributed by atoms with Crippen LogP contribution in [0.4, 0.5) is 0 Å². The molecule has 0 amide bonds. The zero-order valence-corrected chi connectivity index (χ0v) is 18.9. The molecule has 0 saturated carbocycles. The third-order valence-electron chi connectivity index (χ3n) is 5.10. The van der Waals surface area contributed by atoms with E-state index in [4.69, 9.17) is 4.74 Å². The van der Waals surface area contributed by atoms with E-state index in [0.717, 1.165) is 33.5 Å². The first kappa shape index (κ1) is 19.5. The summed E-state index contributed by atoms with van der Waals surface area (Å²) in [6.45, 7) is 3.21. The normalized spacial score (nSPS) is 23.0. The van der Waals surface area contributed by atoms with E-state index in [1.165, 1.54) is 19.3 Å². The minimum atomic E-state index is -0.633. The highest BCUT2D eigenvalue weighted by molar-refractivity contribution is 9.11. The fourth-order valence-electron chi connectivity index (χ4n) is 3.79. The number of thioether (sulfide) groups is 1. The number of rotatable bonds is 4. The van der Waals surface area contributed by atoms with Gasteiger partial charge in [-0.1, -0.05) is 40.5 Å². The van der Waals surface area contributed by atoms with Crippen molar-refractivity contribution in [1.82, 2.24) is 4.90 Å². The molecule has 1 atom stereocenters. The summed E-state index contributed by atoms with van der Waals surface area (Å²) in [4.78, 5) is 17.3. The summed E-state index contributed by atoms with van der Waals surface area (Å²) in [5, 5.41) is 0. The number of nitrogens with zero attached hydrogens (tertiary/aromatic N) is 1. The summed E-state index contributed by atoms with van der Waals surface area (Å²) in [7, 11) is 0. The first-order valence-electron chi connectivity index (χ1n) is 9.20. The number of halogens is 2. The van der Waals surface area contributed by atoms with E-state index in [9.17, 15) is 4.79 Å². The number of fused-ring (bicyclic) bond motifs is 1. The number of benzene rings is 2. The molecule has 0 unspecified atom stereocenters. The van der Waals surface area contributed by atoms with Crippen LogP contribution in [0.3, 0.4) is 0 Å². The number of hydrogen-bond acceptors (Lipinski definition) is 4. The third-order valence-corrected chi connectivity index (χ3v) is 7.48. The van der Waals surface area contributed by atoms with Gasteiger partial charge in [0, 0.05) is 15.9 Å². The Hall–Kier alpha value is -0.820. The SMILES string of the molecule is O=C1c2cc(Br)cc(Br)c2OC[C@@]1(CN1CCCCC1)Sc1ccccc1. The second kappa shape index (κ2) is 8.27. The minimum absolute atomic E-state index is 0.158. The van der Waals surface area contributed by atoms with E-state index in [1.807, 2.05) is 30.3 Å². The van der Waals surface area contributed by atoms with Gasteiger partial charge in [0.2, 0.25) is 0 Å². The van der Waals surface area contributed by atoms with Crippen LogP contribution in [-0.2, 0) is 0 Å². The Labute approximate surface area is 181 Å². The molecule has 3 nitrogen and oxygen atoms in total. The van der Waals surface area contributed by atoms with Crippen LogP contribution in [0, 0.1) is 0 Å². The van der Waals surface area contributed by atoms with E-state index in [-0.39, 0.29) is 5.78 Å². The molecule has 0 aromatic heterocycles. The van der Waals surface area contributed by atoms with Gasteiger partial charge in [0.1, 0.15) is 17.1 Å². The molecule has 2 aromatic carbocycles. The Morgan fingerprint density at radius 3 is 2.56 bits per heavy atom. The predicted octanol–water partition coefficient (Wildman–Crippen LogP) is 5.80. The number of carbonyl (C=O) groups excluding carboxylic acids is 1. The molecule has 2 aliphatic heterocycles. The summed E-state index contributed by atoms with van der Waals surface area (Å²) >= 11 is 8.70. The van der Waals surface area contributed by atoms with Gasteiger partial charge in [-0.3, -0.25) is 4.79 Å². The van der Waals surface area contributed by atoms with Crippen LogP contribution >= 0.6 is 43.6 Å². The number of likely N-dealkylation sites (tertiary alicyclic amines) is 1. The van der Waals surface area contributed by atoms with Crippen molar-refractivity contribution in [3.05, 3.63) is 57.0 Å². The molecule has 4 rings (SSSR count). The van der Waals surface area contributed by atoms with Gasteiger partial charge in [0.15, 0.2) is 5.78 Å². The Bertz CT molecular complexity index is 840. The average Bonchev–Trinajstić information content (AvgIpc) is 2.67. The Morgan fingerprint density at radius 2 is 1.81 bits per heavy atom. The Morgan fingerprint density at radius 1 is 1.07 bits per heavy atom. The van der Waals surface area contributed by atoms with Crippen LogP contribution in [-0.4, -0.2) is 41.7 Å². The standard InChI is InChI=1S/C21H21Br2NO2S/c22-15-11-17-19(18(23)12-15)26-14-21(20(17)25,13-24-9-5-2-6-10-24)27-16-7-3-1-4-8-16/h1,3-4,7-8,11-12H,2,5-6,9-10,13-14H2/t21-/m1/s1. The second-order valence-corrected chi connectivity index (χ2v) is 10.4. The minimum Gasteiger partial charge on any atom is -0.490 e. The molecule has 1 saturated heterocycles. The highest BCUT2D eigenvalue weighted by Crippen LogP contribution is 2.45. The summed E-state index contributed by atoms with van der Waals surface area (Å²) in [5.41, 5.74) is 0.656. The molecule has 142 valence electrons. The Kier molecular flexibility index (Phi) is 5.97. The molecule has 2 aromatic rings. The highest BCUT2D eigenvalue weighted by Gasteiger charge is 2.47. The van der Waals surface area contributed by atoms with Gasteiger partial charge in [0.25, 0.3) is 0 Å². The predicted molar refractivity (Wildman–Crippen MR) is 117 cm³/mol. The van der Waals surface area contributed by atoms with Crippen LogP contribution in [0.25, 0.3) is 0 Å². The lowest BCUT2D eigenvalue weighted by Crippen LogP contribution is -2.53. The maximum absolute atomic E-state index is 13.8. The topological polar surface area (TPSA) is 29.5 Å². The van der Waals surface area contributed by atoms with Crippen molar-refractivity contribution >= 4 is 49.4 Å². The first-order chi connectivity index (χ1) is 13.1. The molecular formula is C21H21Br2NO2S. The summed E-state index contributed by atoms with van der Waals surface area (Å²) in [6.07, 6.45) is 3.69. The van der Waals surface area contributed by atoms with Gasteiger partial charge in [-0.15, -0.1) is 11.8 Å².